The van der Waals surface area contributed by atoms with Crippen LogP contribution in [0.3, 0.4) is 0 Å². The highest BCUT2D eigenvalue weighted by molar-refractivity contribution is 5.81. The van der Waals surface area contributed by atoms with E-state index in [9.17, 15) is 14.0 Å². The molecule has 1 aromatic carbocycles. The van der Waals surface area contributed by atoms with Gasteiger partial charge in [0.15, 0.2) is 11.9 Å². The van der Waals surface area contributed by atoms with Crippen molar-refractivity contribution < 1.29 is 23.5 Å². The van der Waals surface area contributed by atoms with E-state index in [-0.39, 0.29) is 18.1 Å². The highest BCUT2D eigenvalue weighted by atomic mass is 19.1. The Balaban J connectivity index is 1.53. The second-order valence-corrected chi connectivity index (χ2v) is 10.4. The van der Waals surface area contributed by atoms with Gasteiger partial charge in [-0.1, -0.05) is 0 Å². The maximum Gasteiger partial charge on any atom is 0.408 e. The normalized spacial score (nSPS) is 13.6. The molecule has 39 heavy (non-hydrogen) atoms. The van der Waals surface area contributed by atoms with Gasteiger partial charge in [0.25, 0.3) is 0 Å². The molecule has 0 saturated carbocycles. The van der Waals surface area contributed by atoms with Crippen LogP contribution in [0.2, 0.25) is 0 Å². The van der Waals surface area contributed by atoms with Crippen LogP contribution < -0.4 is 15.4 Å². The van der Waals surface area contributed by atoms with Crippen molar-refractivity contribution in [3.05, 3.63) is 58.9 Å². The van der Waals surface area contributed by atoms with Crippen molar-refractivity contribution >= 4 is 24.0 Å². The smallest absolute Gasteiger partial charge is 0.408 e. The second-order valence-electron chi connectivity index (χ2n) is 10.4. The van der Waals surface area contributed by atoms with Gasteiger partial charge in [-0.3, -0.25) is 13.9 Å². The molecule has 0 aliphatic carbocycles. The predicted molar refractivity (Wildman–Crippen MR) is 141 cm³/mol. The van der Waals surface area contributed by atoms with Crippen molar-refractivity contribution in [2.75, 3.05) is 11.9 Å². The van der Waals surface area contributed by atoms with E-state index < -0.39 is 17.7 Å². The molecule has 1 aliphatic rings. The van der Waals surface area contributed by atoms with E-state index in [1.807, 2.05) is 0 Å². The Morgan fingerprint density at radius 1 is 1.33 bits per heavy atom. The third kappa shape index (κ3) is 5.27. The molecule has 1 amide bonds. The number of halogens is 1. The number of alkyl carbamates (subject to hydrolysis) is 1. The van der Waals surface area contributed by atoms with E-state index >= 15 is 0 Å². The minimum atomic E-state index is -0.648. The number of aryl methyl sites for hydroxylation is 1. The number of aromatic nitrogens is 5. The molecular formula is C27H30FN7O4. The van der Waals surface area contributed by atoms with Crippen molar-refractivity contribution in [3.8, 4) is 17.0 Å². The number of nitrogens with zero attached hydrogens (tertiary/aromatic N) is 5. The lowest BCUT2D eigenvalue weighted by molar-refractivity contribution is 0.0507. The van der Waals surface area contributed by atoms with Gasteiger partial charge >= 0.3 is 6.09 Å². The highest BCUT2D eigenvalue weighted by Crippen LogP contribution is 2.32. The molecule has 0 saturated heterocycles. The van der Waals surface area contributed by atoms with E-state index in [1.165, 1.54) is 6.07 Å². The molecular weight excluding hydrogens is 505 g/mol. The molecule has 1 aliphatic heterocycles. The molecule has 4 heterocycles. The van der Waals surface area contributed by atoms with Crippen LogP contribution in [0.4, 0.5) is 15.1 Å². The lowest BCUT2D eigenvalue weighted by atomic mass is 10.0. The summed E-state index contributed by atoms with van der Waals surface area (Å²) < 4.78 is 29.0. The summed E-state index contributed by atoms with van der Waals surface area (Å²) in [6.07, 6.45) is 4.11. The Morgan fingerprint density at radius 3 is 2.85 bits per heavy atom. The van der Waals surface area contributed by atoms with Crippen LogP contribution in [0.15, 0.2) is 30.6 Å². The monoisotopic (exact) mass is 535 g/mol. The van der Waals surface area contributed by atoms with Crippen LogP contribution in [0.25, 0.3) is 16.9 Å². The Labute approximate surface area is 224 Å². The number of carbonyl (C=O) groups is 2. The number of amides is 1. The zero-order valence-corrected chi connectivity index (χ0v) is 22.4. The number of hydrogen-bond donors (Lipinski definition) is 2. The van der Waals surface area contributed by atoms with Crippen LogP contribution in [0, 0.1) is 5.82 Å². The quantitative estimate of drug-likeness (QED) is 0.337. The number of aldehydes is 1. The van der Waals surface area contributed by atoms with Gasteiger partial charge in [-0.2, -0.15) is 5.10 Å². The first-order valence-electron chi connectivity index (χ1n) is 12.6. The third-order valence-corrected chi connectivity index (χ3v) is 6.35. The minimum absolute atomic E-state index is 0.181. The van der Waals surface area contributed by atoms with Gasteiger partial charge in [-0.05, 0) is 45.9 Å². The molecule has 3 aromatic heterocycles. The lowest BCUT2D eigenvalue weighted by Crippen LogP contribution is -2.34. The fraction of sp³-hybridized carbons (Fsp3) is 0.370. The van der Waals surface area contributed by atoms with Gasteiger partial charge in [0.1, 0.15) is 22.9 Å². The standard InChI is InChI=1S/C27H30FN7O4/c1-15(31-26(37)39-27(2,3)4)21-13-35-24(32-21)19(22-10-16(14-36)33-34(22)5)12-30-25(35)29-11-18-17-8-9-38-23(17)7-6-20(18)28/h6-7,10,12-15H,8-9,11H2,1-5H3,(H,29,30)(H,31,37). The van der Waals surface area contributed by atoms with Gasteiger partial charge in [-0.15, -0.1) is 0 Å². The zero-order chi connectivity index (χ0) is 27.9. The molecule has 1 unspecified atom stereocenters. The maximum atomic E-state index is 14.8. The summed E-state index contributed by atoms with van der Waals surface area (Å²) in [5.74, 6) is 0.791. The van der Waals surface area contributed by atoms with Gasteiger partial charge < -0.3 is 20.1 Å². The van der Waals surface area contributed by atoms with Gasteiger partial charge in [0.2, 0.25) is 5.95 Å². The van der Waals surface area contributed by atoms with Crippen molar-refractivity contribution in [2.45, 2.75) is 52.3 Å². The second kappa shape index (κ2) is 10.0. The summed E-state index contributed by atoms with van der Waals surface area (Å²) >= 11 is 0. The molecule has 204 valence electrons. The average molecular weight is 536 g/mol. The maximum absolute atomic E-state index is 14.8. The highest BCUT2D eigenvalue weighted by Gasteiger charge is 2.23. The molecule has 0 fully saturated rings. The SMILES string of the molecule is CC(NC(=O)OC(C)(C)C)c1cn2c(NCc3c(F)ccc4c3CCO4)ncc(-c3cc(C=O)nn3C)c2n1. The molecule has 0 bridgehead atoms. The average Bonchev–Trinajstić information content (AvgIpc) is 3.60. The van der Waals surface area contributed by atoms with Crippen LogP contribution >= 0.6 is 0 Å². The summed E-state index contributed by atoms with van der Waals surface area (Å²) in [4.78, 5) is 33.1. The summed E-state index contributed by atoms with van der Waals surface area (Å²) in [6, 6.07) is 4.20. The molecule has 0 spiro atoms. The molecule has 2 N–H and O–H groups in total. The van der Waals surface area contributed by atoms with Crippen LogP contribution in [0.5, 0.6) is 5.75 Å². The van der Waals surface area contributed by atoms with Crippen LogP contribution in [0.1, 0.15) is 61.0 Å². The molecule has 1 atom stereocenters. The van der Waals surface area contributed by atoms with Crippen molar-refractivity contribution in [3.63, 3.8) is 0 Å². The summed E-state index contributed by atoms with van der Waals surface area (Å²) in [7, 11) is 1.72. The number of benzene rings is 1. The van der Waals surface area contributed by atoms with E-state index in [0.29, 0.717) is 59.2 Å². The molecule has 5 rings (SSSR count). The number of rotatable bonds is 7. The van der Waals surface area contributed by atoms with E-state index in [2.05, 4.69) is 20.7 Å². The van der Waals surface area contributed by atoms with Gasteiger partial charge in [0, 0.05) is 43.5 Å². The first-order chi connectivity index (χ1) is 18.5. The van der Waals surface area contributed by atoms with Crippen LogP contribution in [-0.2, 0) is 24.8 Å². The number of nitrogens with one attached hydrogen (secondary N) is 2. The Hall–Kier alpha value is -4.48. The minimum Gasteiger partial charge on any atom is -0.493 e. The number of hydrogen-bond acceptors (Lipinski definition) is 8. The van der Waals surface area contributed by atoms with Gasteiger partial charge in [0.05, 0.1) is 29.6 Å². The number of anilines is 1. The fourth-order valence-corrected chi connectivity index (χ4v) is 4.55. The Kier molecular flexibility index (Phi) is 6.71. The molecule has 4 aromatic rings. The van der Waals surface area contributed by atoms with E-state index in [1.54, 1.807) is 68.4 Å². The Morgan fingerprint density at radius 2 is 2.13 bits per heavy atom. The predicted octanol–water partition coefficient (Wildman–Crippen LogP) is 4.21. The number of imidazole rings is 1. The fourth-order valence-electron chi connectivity index (χ4n) is 4.55. The summed E-state index contributed by atoms with van der Waals surface area (Å²) in [5, 5.41) is 10.2. The van der Waals surface area contributed by atoms with E-state index in [4.69, 9.17) is 14.5 Å². The Bertz CT molecular complexity index is 1570. The molecule has 0 radical (unpaired) electrons. The first-order valence-corrected chi connectivity index (χ1v) is 12.6. The molecule has 12 heteroatoms. The van der Waals surface area contributed by atoms with Crippen LogP contribution in [-0.4, -0.2) is 48.7 Å². The van der Waals surface area contributed by atoms with Crippen molar-refractivity contribution in [1.82, 2.24) is 29.5 Å². The number of fused-ring (bicyclic) bond motifs is 2. The lowest BCUT2D eigenvalue weighted by Gasteiger charge is -2.21. The summed E-state index contributed by atoms with van der Waals surface area (Å²) in [5.41, 5.74) is 3.31. The molecule has 11 nitrogen and oxygen atoms in total. The zero-order valence-electron chi connectivity index (χ0n) is 22.4. The van der Waals surface area contributed by atoms with Crippen molar-refractivity contribution in [1.29, 1.82) is 0 Å². The van der Waals surface area contributed by atoms with Gasteiger partial charge in [-0.25, -0.2) is 19.2 Å². The number of ether oxygens (including phenoxy) is 2. The number of carbonyl (C=O) groups excluding carboxylic acids is 2. The van der Waals surface area contributed by atoms with Crippen molar-refractivity contribution in [2.24, 2.45) is 7.05 Å². The third-order valence-electron chi connectivity index (χ3n) is 6.35. The topological polar surface area (TPSA) is 125 Å². The summed E-state index contributed by atoms with van der Waals surface area (Å²) in [6.45, 7) is 7.86. The largest absolute Gasteiger partial charge is 0.493 e. The first kappa shape index (κ1) is 26.1. The van der Waals surface area contributed by atoms with E-state index in [0.717, 1.165) is 5.56 Å².